The number of fused-ring (bicyclic) bond motifs is 1. The standard InChI is InChI=1S/C40H46F3N7O6/c1-5-47-26-34(45-36(51)28-11-6-12-29(22-28)40(41,42)43)35(27-10-7-14-31(23-27)50(53)54)33-25-44-49(37(33)47)30-13-8-15-32(24-30)55-21-9-16-46-17-19-48(20-18-46)38(52)56-39(2,3)4/h6-8,10-15,22-25,34-35H,5,9,16-21,26H2,1-4H3,(H,45,51)/t34-,35-/m1/s1. The number of halogens is 3. The van der Waals surface area contributed by atoms with Crippen LogP contribution in [-0.4, -0.2) is 101 Å². The van der Waals surface area contributed by atoms with Crippen LogP contribution in [0.2, 0.25) is 0 Å². The molecule has 0 radical (unpaired) electrons. The van der Waals surface area contributed by atoms with Gasteiger partial charge in [-0.1, -0.05) is 24.3 Å². The van der Waals surface area contributed by atoms with Crippen molar-refractivity contribution in [2.75, 3.05) is 57.3 Å². The van der Waals surface area contributed by atoms with Gasteiger partial charge in [-0.3, -0.25) is 19.8 Å². The number of hydrogen-bond donors (Lipinski definition) is 1. The number of carbonyl (C=O) groups is 2. The zero-order valence-electron chi connectivity index (χ0n) is 31.8. The molecular weight excluding hydrogens is 731 g/mol. The highest BCUT2D eigenvalue weighted by atomic mass is 19.4. The van der Waals surface area contributed by atoms with Crippen LogP contribution >= 0.6 is 0 Å². The number of anilines is 1. The maximum atomic E-state index is 13.5. The van der Waals surface area contributed by atoms with E-state index < -0.39 is 40.1 Å². The van der Waals surface area contributed by atoms with Gasteiger partial charge in [0.2, 0.25) is 0 Å². The summed E-state index contributed by atoms with van der Waals surface area (Å²) in [4.78, 5) is 43.3. The summed E-state index contributed by atoms with van der Waals surface area (Å²) in [6, 6.07) is 17.2. The van der Waals surface area contributed by atoms with Crippen LogP contribution in [0.4, 0.5) is 29.5 Å². The van der Waals surface area contributed by atoms with Gasteiger partial charge in [-0.05, 0) is 70.0 Å². The molecule has 6 rings (SSSR count). The summed E-state index contributed by atoms with van der Waals surface area (Å²) in [6.07, 6.45) is -2.48. The molecular formula is C40H46F3N7O6. The summed E-state index contributed by atoms with van der Waals surface area (Å²) in [5, 5.41) is 19.5. The topological polar surface area (TPSA) is 135 Å². The van der Waals surface area contributed by atoms with E-state index in [1.165, 1.54) is 24.3 Å². The molecule has 16 heteroatoms. The summed E-state index contributed by atoms with van der Waals surface area (Å²) < 4.78 is 53.9. The third kappa shape index (κ3) is 9.41. The number of carbonyl (C=O) groups excluding carboxylic acids is 2. The SMILES string of the molecule is CCN1C[C@@H](NC(=O)c2cccc(C(F)(F)F)c2)[C@H](c2cccc([N+](=O)[O-])c2)c2cnn(-c3cccc(OCCCN4CCN(C(=O)OC(C)(C)C)CC4)c3)c21. The Morgan fingerprint density at radius 3 is 2.41 bits per heavy atom. The Morgan fingerprint density at radius 1 is 0.982 bits per heavy atom. The van der Waals surface area contributed by atoms with Gasteiger partial charge in [0, 0.05) is 81.1 Å². The number of benzene rings is 3. The number of nitro benzene ring substituents is 1. The largest absolute Gasteiger partial charge is 0.493 e. The van der Waals surface area contributed by atoms with Crippen LogP contribution in [0.5, 0.6) is 5.75 Å². The van der Waals surface area contributed by atoms with E-state index in [1.807, 2.05) is 56.9 Å². The van der Waals surface area contributed by atoms with E-state index in [0.29, 0.717) is 48.8 Å². The monoisotopic (exact) mass is 777 g/mol. The number of aromatic nitrogens is 2. The molecule has 2 aliphatic heterocycles. The van der Waals surface area contributed by atoms with Gasteiger partial charge in [-0.25, -0.2) is 9.48 Å². The Kier molecular flexibility index (Phi) is 11.9. The second-order valence-electron chi connectivity index (χ2n) is 14.9. The molecule has 2 atom stereocenters. The van der Waals surface area contributed by atoms with Crippen molar-refractivity contribution in [1.29, 1.82) is 0 Å². The molecule has 0 spiro atoms. The molecule has 4 aromatic rings. The lowest BCUT2D eigenvalue weighted by Crippen LogP contribution is -2.51. The molecule has 1 fully saturated rings. The minimum absolute atomic E-state index is 0.134. The van der Waals surface area contributed by atoms with Gasteiger partial charge in [-0.15, -0.1) is 0 Å². The van der Waals surface area contributed by atoms with Crippen molar-refractivity contribution in [3.8, 4) is 11.4 Å². The molecule has 13 nitrogen and oxygen atoms in total. The predicted octanol–water partition coefficient (Wildman–Crippen LogP) is 6.89. The number of likely N-dealkylation sites (N-methyl/N-ethyl adjacent to an activating group) is 1. The van der Waals surface area contributed by atoms with Crippen LogP contribution in [0.25, 0.3) is 5.69 Å². The average molecular weight is 778 g/mol. The van der Waals surface area contributed by atoms with Gasteiger partial charge in [-0.2, -0.15) is 18.3 Å². The van der Waals surface area contributed by atoms with E-state index >= 15 is 0 Å². The molecule has 1 saturated heterocycles. The molecule has 1 N–H and O–H groups in total. The Balaban J connectivity index is 1.19. The normalized spacial score (nSPS) is 17.6. The zero-order chi connectivity index (χ0) is 40.2. The Morgan fingerprint density at radius 2 is 1.71 bits per heavy atom. The van der Waals surface area contributed by atoms with Crippen molar-refractivity contribution >= 4 is 23.5 Å². The van der Waals surface area contributed by atoms with Gasteiger partial charge in [0.05, 0.1) is 35.0 Å². The highest BCUT2D eigenvalue weighted by Gasteiger charge is 2.39. The first kappa shape index (κ1) is 40.0. The Labute approximate surface area is 323 Å². The van der Waals surface area contributed by atoms with Crippen molar-refractivity contribution in [2.45, 2.75) is 57.9 Å². The molecule has 1 aromatic heterocycles. The van der Waals surface area contributed by atoms with Crippen molar-refractivity contribution in [3.05, 3.63) is 111 Å². The summed E-state index contributed by atoms with van der Waals surface area (Å²) in [5.41, 5.74) is 0.187. The fourth-order valence-corrected chi connectivity index (χ4v) is 7.13. The highest BCUT2D eigenvalue weighted by Crippen LogP contribution is 2.42. The lowest BCUT2D eigenvalue weighted by molar-refractivity contribution is -0.384. The van der Waals surface area contributed by atoms with E-state index in [-0.39, 0.29) is 23.9 Å². The summed E-state index contributed by atoms with van der Waals surface area (Å²) in [7, 11) is 0. The van der Waals surface area contributed by atoms with Gasteiger partial charge < -0.3 is 24.6 Å². The number of ether oxygens (including phenoxy) is 2. The fourth-order valence-electron chi connectivity index (χ4n) is 7.13. The second-order valence-corrected chi connectivity index (χ2v) is 14.9. The molecule has 2 amide bonds. The van der Waals surface area contributed by atoms with Crippen LogP contribution in [0.1, 0.15) is 67.1 Å². The van der Waals surface area contributed by atoms with Crippen LogP contribution in [0.15, 0.2) is 79.0 Å². The molecule has 0 saturated carbocycles. The third-order valence-electron chi connectivity index (χ3n) is 9.79. The van der Waals surface area contributed by atoms with E-state index in [1.54, 1.807) is 27.9 Å². The molecule has 0 aliphatic carbocycles. The van der Waals surface area contributed by atoms with Crippen LogP contribution in [-0.2, 0) is 10.9 Å². The van der Waals surface area contributed by atoms with Crippen molar-refractivity contribution in [1.82, 2.24) is 24.9 Å². The average Bonchev–Trinajstić information content (AvgIpc) is 3.61. The lowest BCUT2D eigenvalue weighted by atomic mass is 9.82. The summed E-state index contributed by atoms with van der Waals surface area (Å²) in [6.45, 7) is 12.2. The van der Waals surface area contributed by atoms with E-state index in [4.69, 9.17) is 14.6 Å². The van der Waals surface area contributed by atoms with E-state index in [0.717, 1.165) is 44.0 Å². The minimum Gasteiger partial charge on any atom is -0.493 e. The number of rotatable bonds is 11. The fraction of sp³-hybridized carbons (Fsp3) is 0.425. The molecule has 0 unspecified atom stereocenters. The third-order valence-corrected chi connectivity index (χ3v) is 9.79. The summed E-state index contributed by atoms with van der Waals surface area (Å²) in [5.74, 6) is 0.0380. The molecule has 56 heavy (non-hydrogen) atoms. The van der Waals surface area contributed by atoms with Crippen LogP contribution < -0.4 is 15.0 Å². The maximum absolute atomic E-state index is 13.5. The number of nitrogens with zero attached hydrogens (tertiary/aromatic N) is 6. The Hall–Kier alpha value is -5.64. The number of nitro groups is 1. The number of piperazine rings is 1. The zero-order valence-corrected chi connectivity index (χ0v) is 31.8. The van der Waals surface area contributed by atoms with Crippen LogP contribution in [0, 0.1) is 10.1 Å². The van der Waals surface area contributed by atoms with E-state index in [2.05, 4.69) is 10.2 Å². The first-order valence-electron chi connectivity index (χ1n) is 18.6. The van der Waals surface area contributed by atoms with Crippen molar-refractivity contribution in [2.24, 2.45) is 0 Å². The van der Waals surface area contributed by atoms with Gasteiger partial charge in [0.15, 0.2) is 0 Å². The number of alkyl halides is 3. The first-order valence-corrected chi connectivity index (χ1v) is 18.6. The van der Waals surface area contributed by atoms with Gasteiger partial charge in [0.25, 0.3) is 11.6 Å². The quantitative estimate of drug-likeness (QED) is 0.0982. The molecule has 3 heterocycles. The highest BCUT2D eigenvalue weighted by molar-refractivity contribution is 5.95. The van der Waals surface area contributed by atoms with Gasteiger partial charge in [0.1, 0.15) is 17.2 Å². The Bertz CT molecular complexity index is 2040. The smallest absolute Gasteiger partial charge is 0.416 e. The maximum Gasteiger partial charge on any atom is 0.416 e. The number of hydrogen-bond acceptors (Lipinski definition) is 9. The lowest BCUT2D eigenvalue weighted by Gasteiger charge is -2.40. The van der Waals surface area contributed by atoms with E-state index in [9.17, 15) is 32.9 Å². The number of amides is 2. The molecule has 298 valence electrons. The minimum atomic E-state index is -4.63. The predicted molar refractivity (Wildman–Crippen MR) is 203 cm³/mol. The molecule has 2 aliphatic rings. The van der Waals surface area contributed by atoms with Crippen molar-refractivity contribution in [3.63, 3.8) is 0 Å². The molecule has 0 bridgehead atoms. The second kappa shape index (κ2) is 16.6. The number of nitrogens with one attached hydrogen (secondary N) is 1. The van der Waals surface area contributed by atoms with Gasteiger partial charge >= 0.3 is 12.3 Å². The van der Waals surface area contributed by atoms with Crippen LogP contribution in [0.3, 0.4) is 0 Å². The first-order chi connectivity index (χ1) is 26.6. The molecule has 3 aromatic carbocycles. The number of non-ortho nitro benzene ring substituents is 1. The van der Waals surface area contributed by atoms with Crippen molar-refractivity contribution < 1.29 is 37.2 Å². The summed E-state index contributed by atoms with van der Waals surface area (Å²) >= 11 is 0.